The highest BCUT2D eigenvalue weighted by molar-refractivity contribution is 7.89. The van der Waals surface area contributed by atoms with Gasteiger partial charge in [0.25, 0.3) is 0 Å². The summed E-state index contributed by atoms with van der Waals surface area (Å²) in [5.74, 6) is 0.822. The minimum absolute atomic E-state index is 0.00842. The van der Waals surface area contributed by atoms with Gasteiger partial charge in [0.15, 0.2) is 0 Å². The fraction of sp³-hybridized carbons (Fsp3) is 0.600. The number of rotatable bonds is 4. The van der Waals surface area contributed by atoms with Crippen molar-refractivity contribution in [2.75, 3.05) is 17.7 Å². The molecule has 0 saturated heterocycles. The van der Waals surface area contributed by atoms with Crippen molar-refractivity contribution in [3.05, 3.63) is 18.2 Å². The normalized spacial score (nSPS) is 23.0. The molecule has 0 aromatic heterocycles. The highest BCUT2D eigenvalue weighted by Crippen LogP contribution is 2.35. The molecule has 118 valence electrons. The quantitative estimate of drug-likeness (QED) is 0.835. The van der Waals surface area contributed by atoms with Crippen molar-refractivity contribution in [3.63, 3.8) is 0 Å². The number of benzene rings is 1. The summed E-state index contributed by atoms with van der Waals surface area (Å²) in [4.78, 5) is 2.12. The predicted molar refractivity (Wildman–Crippen MR) is 86.7 cm³/mol. The first-order chi connectivity index (χ1) is 9.84. The molecule has 2 rings (SSSR count). The zero-order chi connectivity index (χ0) is 15.6. The van der Waals surface area contributed by atoms with E-state index in [2.05, 4.69) is 11.8 Å². The van der Waals surface area contributed by atoms with Crippen molar-refractivity contribution in [2.24, 2.45) is 11.1 Å². The Morgan fingerprint density at radius 3 is 2.38 bits per heavy atom. The average Bonchev–Trinajstić information content (AvgIpc) is 2.45. The maximum absolute atomic E-state index is 11.6. The van der Waals surface area contributed by atoms with E-state index in [0.717, 1.165) is 24.4 Å². The zero-order valence-electron chi connectivity index (χ0n) is 12.7. The van der Waals surface area contributed by atoms with Gasteiger partial charge in [-0.1, -0.05) is 19.4 Å². The molecule has 4 N–H and O–H groups in total. The molecule has 0 atom stereocenters. The van der Waals surface area contributed by atoms with Crippen LogP contribution in [0.3, 0.4) is 0 Å². The minimum Gasteiger partial charge on any atom is -0.396 e. The maximum Gasteiger partial charge on any atom is 0.240 e. The smallest absolute Gasteiger partial charge is 0.240 e. The van der Waals surface area contributed by atoms with E-state index < -0.39 is 10.0 Å². The van der Waals surface area contributed by atoms with E-state index in [1.807, 2.05) is 13.1 Å². The topological polar surface area (TPSA) is 89.4 Å². The molecule has 0 spiro atoms. The average molecular weight is 311 g/mol. The summed E-state index contributed by atoms with van der Waals surface area (Å²) in [5, 5.41) is 5.22. The molecular formula is C15H25N3O2S. The largest absolute Gasteiger partial charge is 0.396 e. The van der Waals surface area contributed by atoms with E-state index >= 15 is 0 Å². The Morgan fingerprint density at radius 1 is 1.24 bits per heavy atom. The standard InChI is InChI=1S/C15H25N3O2S/c1-3-11-7-9-12(10-8-11)18(2)13-5-4-6-14(15(13)16)21(17,19)20/h4-6,11-12H,3,7-10,16H2,1-2H3,(H2,17,19,20). The molecule has 1 aliphatic rings. The zero-order valence-corrected chi connectivity index (χ0v) is 13.6. The number of primary sulfonamides is 1. The van der Waals surface area contributed by atoms with Gasteiger partial charge in [0.05, 0.1) is 11.4 Å². The lowest BCUT2D eigenvalue weighted by atomic mass is 9.84. The van der Waals surface area contributed by atoms with Crippen LogP contribution < -0.4 is 15.8 Å². The number of sulfonamides is 1. The van der Waals surface area contributed by atoms with Crippen LogP contribution in [-0.2, 0) is 10.0 Å². The Balaban J connectivity index is 2.22. The number of nitrogens with zero attached hydrogens (tertiary/aromatic N) is 1. The predicted octanol–water partition coefficient (Wildman–Crippen LogP) is 2.32. The molecule has 0 amide bonds. The molecule has 0 unspecified atom stereocenters. The van der Waals surface area contributed by atoms with E-state index in [-0.39, 0.29) is 10.6 Å². The van der Waals surface area contributed by atoms with Gasteiger partial charge in [-0.05, 0) is 43.7 Å². The van der Waals surface area contributed by atoms with E-state index in [4.69, 9.17) is 10.9 Å². The highest BCUT2D eigenvalue weighted by atomic mass is 32.2. The molecule has 1 saturated carbocycles. The van der Waals surface area contributed by atoms with Crippen molar-refractivity contribution in [2.45, 2.75) is 50.0 Å². The Kier molecular flexibility index (Phi) is 4.78. The van der Waals surface area contributed by atoms with Gasteiger partial charge in [0.2, 0.25) is 10.0 Å². The summed E-state index contributed by atoms with van der Waals surface area (Å²) in [6.45, 7) is 2.24. The Morgan fingerprint density at radius 2 is 1.86 bits per heavy atom. The van der Waals surface area contributed by atoms with Gasteiger partial charge in [0.1, 0.15) is 4.90 Å². The van der Waals surface area contributed by atoms with Gasteiger partial charge in [-0.15, -0.1) is 0 Å². The SMILES string of the molecule is CCC1CCC(N(C)c2cccc(S(N)(=O)=O)c2N)CC1. The number of para-hydroxylation sites is 1. The van der Waals surface area contributed by atoms with Crippen LogP contribution in [0.15, 0.2) is 23.1 Å². The molecule has 6 heteroatoms. The van der Waals surface area contributed by atoms with Crippen LogP contribution in [0.25, 0.3) is 0 Å². The molecule has 21 heavy (non-hydrogen) atoms. The summed E-state index contributed by atoms with van der Waals surface area (Å²) < 4.78 is 23.1. The van der Waals surface area contributed by atoms with Gasteiger partial charge in [-0.25, -0.2) is 13.6 Å². The maximum atomic E-state index is 11.6. The molecule has 5 nitrogen and oxygen atoms in total. The minimum atomic E-state index is -3.78. The van der Waals surface area contributed by atoms with Crippen LogP contribution in [0, 0.1) is 5.92 Å². The van der Waals surface area contributed by atoms with Gasteiger partial charge >= 0.3 is 0 Å². The van der Waals surface area contributed by atoms with Crippen molar-refractivity contribution in [1.29, 1.82) is 0 Å². The fourth-order valence-electron chi connectivity index (χ4n) is 3.23. The molecule has 1 aromatic rings. The summed E-state index contributed by atoms with van der Waals surface area (Å²) >= 11 is 0. The van der Waals surface area contributed by atoms with Gasteiger partial charge in [-0.2, -0.15) is 0 Å². The molecule has 0 aliphatic heterocycles. The monoisotopic (exact) mass is 311 g/mol. The van der Waals surface area contributed by atoms with E-state index in [0.29, 0.717) is 6.04 Å². The van der Waals surface area contributed by atoms with Crippen molar-refractivity contribution >= 4 is 21.4 Å². The third kappa shape index (κ3) is 3.49. The summed E-state index contributed by atoms with van der Waals surface area (Å²) in [6, 6.07) is 5.41. The molecule has 1 aliphatic carbocycles. The third-order valence-electron chi connectivity index (χ3n) is 4.67. The first-order valence-corrected chi connectivity index (χ1v) is 9.03. The molecule has 1 fully saturated rings. The van der Waals surface area contributed by atoms with Crippen LogP contribution in [0.4, 0.5) is 11.4 Å². The lowest BCUT2D eigenvalue weighted by molar-refractivity contribution is 0.313. The summed E-state index contributed by atoms with van der Waals surface area (Å²) in [5.41, 5.74) is 7.03. The van der Waals surface area contributed by atoms with E-state index in [1.54, 1.807) is 6.07 Å². The molecular weight excluding hydrogens is 286 g/mol. The molecule has 0 radical (unpaired) electrons. The Labute approximate surface area is 127 Å². The first kappa shape index (κ1) is 16.1. The van der Waals surface area contributed by atoms with Gasteiger partial charge < -0.3 is 10.6 Å². The van der Waals surface area contributed by atoms with Crippen molar-refractivity contribution < 1.29 is 8.42 Å². The fourth-order valence-corrected chi connectivity index (χ4v) is 3.90. The van der Waals surface area contributed by atoms with E-state index in [1.165, 1.54) is 25.3 Å². The van der Waals surface area contributed by atoms with Crippen molar-refractivity contribution in [1.82, 2.24) is 0 Å². The van der Waals surface area contributed by atoms with Crippen LogP contribution in [0.1, 0.15) is 39.0 Å². The van der Waals surface area contributed by atoms with Crippen LogP contribution >= 0.6 is 0 Å². The first-order valence-electron chi connectivity index (χ1n) is 7.48. The van der Waals surface area contributed by atoms with Crippen LogP contribution in [0.2, 0.25) is 0 Å². The third-order valence-corrected chi connectivity index (χ3v) is 5.64. The van der Waals surface area contributed by atoms with Crippen molar-refractivity contribution in [3.8, 4) is 0 Å². The number of anilines is 2. The lowest BCUT2D eigenvalue weighted by Crippen LogP contribution is -2.35. The highest BCUT2D eigenvalue weighted by Gasteiger charge is 2.25. The number of hydrogen-bond acceptors (Lipinski definition) is 4. The number of hydrogen-bond donors (Lipinski definition) is 2. The second-order valence-electron chi connectivity index (χ2n) is 5.93. The molecule has 1 aromatic carbocycles. The molecule has 0 heterocycles. The summed E-state index contributed by atoms with van der Waals surface area (Å²) in [6.07, 6.45) is 5.92. The second kappa shape index (κ2) is 6.23. The molecule has 0 bridgehead atoms. The summed E-state index contributed by atoms with van der Waals surface area (Å²) in [7, 11) is -1.80. The van der Waals surface area contributed by atoms with Gasteiger partial charge in [-0.3, -0.25) is 0 Å². The Hall–Kier alpha value is -1.27. The second-order valence-corrected chi connectivity index (χ2v) is 7.46. The number of nitrogen functional groups attached to an aromatic ring is 1. The Bertz CT molecular complexity index is 593. The van der Waals surface area contributed by atoms with E-state index in [9.17, 15) is 8.42 Å². The van der Waals surface area contributed by atoms with Crippen LogP contribution in [0.5, 0.6) is 0 Å². The number of nitrogens with two attached hydrogens (primary N) is 2. The lowest BCUT2D eigenvalue weighted by Gasteiger charge is -2.36. The van der Waals surface area contributed by atoms with Crippen LogP contribution in [-0.4, -0.2) is 21.5 Å². The van der Waals surface area contributed by atoms with Gasteiger partial charge in [0, 0.05) is 13.1 Å².